The van der Waals surface area contributed by atoms with Crippen LogP contribution in [0.4, 0.5) is 8.78 Å². The van der Waals surface area contributed by atoms with Gasteiger partial charge in [-0.2, -0.15) is 8.78 Å². The molecule has 5 heteroatoms. The van der Waals surface area contributed by atoms with Crippen LogP contribution in [-0.2, 0) is 13.2 Å². The smallest absolute Gasteiger partial charge is 0.387 e. The molecule has 0 bridgehead atoms. The van der Waals surface area contributed by atoms with E-state index in [9.17, 15) is 8.78 Å². The fourth-order valence-corrected chi connectivity index (χ4v) is 2.18. The Morgan fingerprint density at radius 2 is 1.82 bits per heavy atom. The summed E-state index contributed by atoms with van der Waals surface area (Å²) in [6.07, 6.45) is 0. The van der Waals surface area contributed by atoms with E-state index in [0.29, 0.717) is 6.54 Å². The molecule has 1 unspecified atom stereocenters. The summed E-state index contributed by atoms with van der Waals surface area (Å²) in [5.74, 6) is 0.157. The fourth-order valence-electron chi connectivity index (χ4n) is 2.18. The third kappa shape index (κ3) is 4.79. The van der Waals surface area contributed by atoms with Crippen molar-refractivity contribution in [3.05, 3.63) is 65.2 Å². The number of ether oxygens (including phenoxy) is 1. The van der Waals surface area contributed by atoms with E-state index in [2.05, 4.69) is 10.1 Å². The Hall–Kier alpha value is -1.98. The number of alkyl halides is 2. The highest BCUT2D eigenvalue weighted by molar-refractivity contribution is 5.29. The maximum atomic E-state index is 12.2. The summed E-state index contributed by atoms with van der Waals surface area (Å²) in [6, 6.07) is 14.4. The SMILES string of the molecule is CC(NCc1cccc(OC(F)F)c1)c1cccc(CO)c1. The summed E-state index contributed by atoms with van der Waals surface area (Å²) < 4.78 is 28.8. The predicted octanol–water partition coefficient (Wildman–Crippen LogP) is 3.63. The van der Waals surface area contributed by atoms with Crippen molar-refractivity contribution in [2.75, 3.05) is 0 Å². The quantitative estimate of drug-likeness (QED) is 0.821. The zero-order chi connectivity index (χ0) is 15.9. The van der Waals surface area contributed by atoms with Gasteiger partial charge in [0.15, 0.2) is 0 Å². The Morgan fingerprint density at radius 1 is 1.09 bits per heavy atom. The average Bonchev–Trinajstić information content (AvgIpc) is 2.52. The summed E-state index contributed by atoms with van der Waals surface area (Å²) in [5.41, 5.74) is 2.79. The van der Waals surface area contributed by atoms with Crippen molar-refractivity contribution in [3.8, 4) is 5.75 Å². The van der Waals surface area contributed by atoms with Gasteiger partial charge in [0.1, 0.15) is 5.75 Å². The molecule has 0 heterocycles. The molecule has 0 aromatic heterocycles. The molecule has 0 amide bonds. The van der Waals surface area contributed by atoms with Gasteiger partial charge in [0.05, 0.1) is 6.61 Å². The maximum Gasteiger partial charge on any atom is 0.387 e. The first-order valence-electron chi connectivity index (χ1n) is 7.05. The van der Waals surface area contributed by atoms with E-state index in [4.69, 9.17) is 5.11 Å². The molecule has 0 saturated heterocycles. The predicted molar refractivity (Wildman–Crippen MR) is 80.7 cm³/mol. The molecular weight excluding hydrogens is 288 g/mol. The van der Waals surface area contributed by atoms with Crippen molar-refractivity contribution < 1.29 is 18.6 Å². The van der Waals surface area contributed by atoms with Crippen molar-refractivity contribution in [1.29, 1.82) is 0 Å². The molecule has 118 valence electrons. The second-order valence-corrected chi connectivity index (χ2v) is 5.03. The third-order valence-electron chi connectivity index (χ3n) is 3.37. The lowest BCUT2D eigenvalue weighted by atomic mass is 10.1. The van der Waals surface area contributed by atoms with Crippen LogP contribution in [0.5, 0.6) is 5.75 Å². The van der Waals surface area contributed by atoms with Crippen LogP contribution in [0.15, 0.2) is 48.5 Å². The molecule has 0 aliphatic carbocycles. The van der Waals surface area contributed by atoms with Crippen molar-refractivity contribution in [2.45, 2.75) is 32.7 Å². The van der Waals surface area contributed by atoms with Crippen LogP contribution in [0.2, 0.25) is 0 Å². The highest BCUT2D eigenvalue weighted by atomic mass is 19.3. The molecule has 2 aromatic rings. The summed E-state index contributed by atoms with van der Waals surface area (Å²) in [4.78, 5) is 0. The molecule has 2 rings (SSSR count). The first kappa shape index (κ1) is 16.4. The first-order chi connectivity index (χ1) is 10.6. The second-order valence-electron chi connectivity index (χ2n) is 5.03. The standard InChI is InChI=1S/C17H19F2NO2/c1-12(15-6-2-5-14(8-15)11-21)20-10-13-4-3-7-16(9-13)22-17(18)19/h2-9,12,17,20-21H,10-11H2,1H3. The molecule has 0 fully saturated rings. The maximum absolute atomic E-state index is 12.2. The van der Waals surface area contributed by atoms with Crippen LogP contribution in [-0.4, -0.2) is 11.7 Å². The molecule has 0 aliphatic heterocycles. The Labute approximate surface area is 128 Å². The normalized spacial score (nSPS) is 12.4. The third-order valence-corrected chi connectivity index (χ3v) is 3.37. The first-order valence-corrected chi connectivity index (χ1v) is 7.05. The van der Waals surface area contributed by atoms with Gasteiger partial charge in [-0.15, -0.1) is 0 Å². The van der Waals surface area contributed by atoms with Gasteiger partial charge in [0, 0.05) is 12.6 Å². The van der Waals surface area contributed by atoms with E-state index < -0.39 is 6.61 Å². The molecular formula is C17H19F2NO2. The number of halogens is 2. The minimum absolute atomic E-state index is 0.00751. The number of rotatable bonds is 7. The summed E-state index contributed by atoms with van der Waals surface area (Å²) in [7, 11) is 0. The van der Waals surface area contributed by atoms with Gasteiger partial charge in [0.2, 0.25) is 0 Å². The topological polar surface area (TPSA) is 41.5 Å². The lowest BCUT2D eigenvalue weighted by Gasteiger charge is -2.15. The molecule has 0 saturated carbocycles. The molecule has 22 heavy (non-hydrogen) atoms. The van der Waals surface area contributed by atoms with Crippen LogP contribution in [0.25, 0.3) is 0 Å². The summed E-state index contributed by atoms with van der Waals surface area (Å²) in [5, 5.41) is 12.5. The second kappa shape index (κ2) is 7.87. The molecule has 0 spiro atoms. The van der Waals surface area contributed by atoms with E-state index in [0.717, 1.165) is 16.7 Å². The number of aliphatic hydroxyl groups is 1. The van der Waals surface area contributed by atoms with Crippen LogP contribution >= 0.6 is 0 Å². The molecule has 0 aliphatic rings. The molecule has 1 atom stereocenters. The monoisotopic (exact) mass is 307 g/mol. The molecule has 3 nitrogen and oxygen atoms in total. The number of hydrogen-bond donors (Lipinski definition) is 2. The van der Waals surface area contributed by atoms with Crippen molar-refractivity contribution >= 4 is 0 Å². The van der Waals surface area contributed by atoms with Gasteiger partial charge in [-0.3, -0.25) is 0 Å². The Kier molecular flexibility index (Phi) is 5.86. The molecule has 2 N–H and O–H groups in total. The fraction of sp³-hybridized carbons (Fsp3) is 0.294. The number of benzene rings is 2. The lowest BCUT2D eigenvalue weighted by molar-refractivity contribution is -0.0498. The van der Waals surface area contributed by atoms with E-state index in [1.807, 2.05) is 37.3 Å². The number of nitrogens with one attached hydrogen (secondary N) is 1. The highest BCUT2D eigenvalue weighted by Crippen LogP contribution is 2.18. The number of hydrogen-bond acceptors (Lipinski definition) is 3. The van der Waals surface area contributed by atoms with Crippen LogP contribution in [0.1, 0.15) is 29.7 Å². The van der Waals surface area contributed by atoms with Crippen molar-refractivity contribution in [1.82, 2.24) is 5.32 Å². The minimum atomic E-state index is -2.82. The van der Waals surface area contributed by atoms with Crippen molar-refractivity contribution in [2.24, 2.45) is 0 Å². The Bertz CT molecular complexity index is 605. The van der Waals surface area contributed by atoms with Crippen LogP contribution < -0.4 is 10.1 Å². The van der Waals surface area contributed by atoms with E-state index in [-0.39, 0.29) is 18.4 Å². The summed E-state index contributed by atoms with van der Waals surface area (Å²) >= 11 is 0. The minimum Gasteiger partial charge on any atom is -0.435 e. The van der Waals surface area contributed by atoms with Gasteiger partial charge < -0.3 is 15.2 Å². The van der Waals surface area contributed by atoms with Crippen LogP contribution in [0.3, 0.4) is 0 Å². The molecule has 2 aromatic carbocycles. The van der Waals surface area contributed by atoms with Gasteiger partial charge >= 0.3 is 6.61 Å². The van der Waals surface area contributed by atoms with E-state index in [1.54, 1.807) is 12.1 Å². The number of aliphatic hydroxyl groups excluding tert-OH is 1. The average molecular weight is 307 g/mol. The van der Waals surface area contributed by atoms with Crippen molar-refractivity contribution in [3.63, 3.8) is 0 Å². The summed E-state index contributed by atoms with van der Waals surface area (Å²) in [6.45, 7) is -0.266. The zero-order valence-corrected chi connectivity index (χ0v) is 12.3. The van der Waals surface area contributed by atoms with Gasteiger partial charge in [-0.1, -0.05) is 36.4 Å². The Balaban J connectivity index is 1.97. The highest BCUT2D eigenvalue weighted by Gasteiger charge is 2.07. The van der Waals surface area contributed by atoms with Crippen LogP contribution in [0, 0.1) is 0 Å². The van der Waals surface area contributed by atoms with E-state index in [1.165, 1.54) is 6.07 Å². The van der Waals surface area contributed by atoms with Gasteiger partial charge in [-0.05, 0) is 35.7 Å². The largest absolute Gasteiger partial charge is 0.435 e. The lowest BCUT2D eigenvalue weighted by Crippen LogP contribution is -2.18. The zero-order valence-electron chi connectivity index (χ0n) is 12.3. The van der Waals surface area contributed by atoms with Gasteiger partial charge in [-0.25, -0.2) is 0 Å². The Morgan fingerprint density at radius 3 is 2.55 bits per heavy atom. The van der Waals surface area contributed by atoms with Gasteiger partial charge in [0.25, 0.3) is 0 Å². The van der Waals surface area contributed by atoms with E-state index >= 15 is 0 Å². The molecule has 0 radical (unpaired) electrons.